The van der Waals surface area contributed by atoms with E-state index in [1.54, 1.807) is 62.3 Å². The van der Waals surface area contributed by atoms with Crippen LogP contribution in [0.2, 0.25) is 0 Å². The molecule has 1 aromatic heterocycles. The summed E-state index contributed by atoms with van der Waals surface area (Å²) in [5, 5.41) is 18.7. The maximum Gasteiger partial charge on any atom is 0.329 e. The van der Waals surface area contributed by atoms with E-state index in [-0.39, 0.29) is 25.1 Å². The average molecular weight is 628 g/mol. The summed E-state index contributed by atoms with van der Waals surface area (Å²) in [6, 6.07) is -0.858. The summed E-state index contributed by atoms with van der Waals surface area (Å²) in [4.78, 5) is 64.4. The van der Waals surface area contributed by atoms with Crippen molar-refractivity contribution >= 4 is 35.4 Å². The number of urea groups is 1. The van der Waals surface area contributed by atoms with Crippen molar-refractivity contribution in [3.8, 4) is 0 Å². The predicted molar refractivity (Wildman–Crippen MR) is 159 cm³/mol. The lowest BCUT2D eigenvalue weighted by Crippen LogP contribution is -2.53. The Labute approximate surface area is 257 Å². The Morgan fingerprint density at radius 1 is 0.841 bits per heavy atom. The maximum absolute atomic E-state index is 13.8. The molecule has 1 rings (SSSR count). The maximum atomic E-state index is 13.8. The molecule has 2 amide bonds. The molecule has 0 saturated carbocycles. The molecule has 0 spiro atoms. The van der Waals surface area contributed by atoms with Gasteiger partial charge in [0.2, 0.25) is 0 Å². The van der Waals surface area contributed by atoms with Crippen LogP contribution >= 0.6 is 0 Å². The number of esters is 3. The highest BCUT2D eigenvalue weighted by Gasteiger charge is 2.31. The Bertz CT molecular complexity index is 1170. The highest BCUT2D eigenvalue weighted by atomic mass is 19.1. The molecule has 44 heavy (non-hydrogen) atoms. The molecule has 0 radical (unpaired) electrons. The second kappa shape index (κ2) is 16.1. The van der Waals surface area contributed by atoms with Gasteiger partial charge in [0, 0.05) is 19.0 Å². The molecule has 15 heteroatoms. The summed E-state index contributed by atoms with van der Waals surface area (Å²) < 4.78 is 29.9. The third-order valence-electron chi connectivity index (χ3n) is 5.30. The number of carbonyl (C=O) groups excluding carboxylic acids is 4. The number of aromatic nitrogens is 1. The lowest BCUT2D eigenvalue weighted by atomic mass is 10.1. The van der Waals surface area contributed by atoms with E-state index < -0.39 is 69.4 Å². The van der Waals surface area contributed by atoms with Gasteiger partial charge in [0.15, 0.2) is 0 Å². The Balaban J connectivity index is 2.88. The molecule has 0 aliphatic carbocycles. The molecule has 0 fully saturated rings. The van der Waals surface area contributed by atoms with Crippen molar-refractivity contribution in [3.63, 3.8) is 0 Å². The number of hydrogen-bond acceptors (Lipinski definition) is 11. The van der Waals surface area contributed by atoms with Gasteiger partial charge in [0.25, 0.3) is 5.95 Å². The molecule has 248 valence electrons. The van der Waals surface area contributed by atoms with E-state index in [9.17, 15) is 33.7 Å². The van der Waals surface area contributed by atoms with Gasteiger partial charge in [-0.3, -0.25) is 14.9 Å². The zero-order valence-electron chi connectivity index (χ0n) is 27.0. The van der Waals surface area contributed by atoms with E-state index >= 15 is 0 Å². The number of pyridine rings is 1. The van der Waals surface area contributed by atoms with E-state index in [1.807, 2.05) is 0 Å². The van der Waals surface area contributed by atoms with Crippen molar-refractivity contribution in [2.75, 3.05) is 11.9 Å². The van der Waals surface area contributed by atoms with E-state index in [4.69, 9.17) is 14.2 Å². The number of halogens is 1. The van der Waals surface area contributed by atoms with Crippen molar-refractivity contribution in [2.24, 2.45) is 0 Å². The monoisotopic (exact) mass is 627 g/mol. The first-order chi connectivity index (χ1) is 20.1. The van der Waals surface area contributed by atoms with E-state index in [0.717, 1.165) is 6.07 Å². The molecule has 1 aromatic rings. The molecule has 0 aromatic carbocycles. The van der Waals surface area contributed by atoms with E-state index in [1.165, 1.54) is 6.07 Å². The highest BCUT2D eigenvalue weighted by Crippen LogP contribution is 2.18. The smallest absolute Gasteiger partial charge is 0.329 e. The normalized spacial score (nSPS) is 13.2. The van der Waals surface area contributed by atoms with Crippen LogP contribution in [0.5, 0.6) is 0 Å². The van der Waals surface area contributed by atoms with Crippen molar-refractivity contribution < 1.29 is 42.7 Å². The fourth-order valence-corrected chi connectivity index (χ4v) is 3.61. The number of ether oxygens (including phenoxy) is 3. The van der Waals surface area contributed by atoms with Crippen LogP contribution in [0.3, 0.4) is 0 Å². The van der Waals surface area contributed by atoms with Gasteiger partial charge in [0.1, 0.15) is 34.7 Å². The van der Waals surface area contributed by atoms with Crippen molar-refractivity contribution in [2.45, 2.75) is 123 Å². The standard InChI is InChI=1S/C29H46FN5O9/c1-27(2,3)42-22(36)16-13-19(25(38)44-29(7,8)9)33-26(39)32-18(24(37)43-28(4,5)6)12-10-11-17-31-21-15-14-20(35(40)41)23(30)34-21/h14-15,18-19H,10-13,16-17H2,1-9H3,(H,31,34)(H2,32,33,39). The summed E-state index contributed by atoms with van der Waals surface area (Å²) in [6.07, 6.45) is 0.746. The minimum Gasteiger partial charge on any atom is -0.460 e. The van der Waals surface area contributed by atoms with E-state index in [2.05, 4.69) is 20.9 Å². The number of nitrogens with one attached hydrogen (secondary N) is 3. The molecule has 3 N–H and O–H groups in total. The van der Waals surface area contributed by atoms with Gasteiger partial charge in [0.05, 0.1) is 4.92 Å². The van der Waals surface area contributed by atoms with Crippen LogP contribution in [0.25, 0.3) is 0 Å². The number of hydrogen-bond donors (Lipinski definition) is 3. The number of rotatable bonds is 14. The molecule has 0 aliphatic heterocycles. The minimum atomic E-state index is -1.21. The number of anilines is 1. The molecule has 1 heterocycles. The van der Waals surface area contributed by atoms with Gasteiger partial charge in [-0.25, -0.2) is 14.4 Å². The average Bonchev–Trinajstić information content (AvgIpc) is 2.82. The second-order valence-electron chi connectivity index (χ2n) is 13.1. The quantitative estimate of drug-likeness (QED) is 0.0655. The SMILES string of the molecule is CC(C)(C)OC(=O)CCC(NC(=O)NC(CCCCNc1ccc([N+](=O)[O-])c(F)n1)C(=O)OC(C)(C)C)C(=O)OC(C)(C)C. The fraction of sp³-hybridized carbons (Fsp3) is 0.690. The summed E-state index contributed by atoms with van der Waals surface area (Å²) in [6.45, 7) is 15.4. The first kappa shape index (κ1) is 38.0. The molecule has 0 saturated heterocycles. The summed E-state index contributed by atoms with van der Waals surface area (Å²) in [7, 11) is 0. The van der Waals surface area contributed by atoms with Gasteiger partial charge in [-0.1, -0.05) is 0 Å². The van der Waals surface area contributed by atoms with Crippen molar-refractivity contribution in [1.29, 1.82) is 0 Å². The van der Waals surface area contributed by atoms with Gasteiger partial charge < -0.3 is 30.2 Å². The predicted octanol–water partition coefficient (Wildman–Crippen LogP) is 4.55. The number of amides is 2. The third kappa shape index (κ3) is 16.0. The molecular weight excluding hydrogens is 581 g/mol. The number of nitro groups is 1. The largest absolute Gasteiger partial charge is 0.460 e. The Morgan fingerprint density at radius 2 is 1.34 bits per heavy atom. The zero-order chi connectivity index (χ0) is 33.9. The van der Waals surface area contributed by atoms with Gasteiger partial charge in [-0.2, -0.15) is 9.37 Å². The Kier molecular flexibility index (Phi) is 13.9. The molecular formula is C29H46FN5O9. The summed E-state index contributed by atoms with van der Waals surface area (Å²) in [5.74, 6) is -3.11. The first-order valence-electron chi connectivity index (χ1n) is 14.4. The topological polar surface area (TPSA) is 188 Å². The number of carbonyl (C=O) groups is 4. The summed E-state index contributed by atoms with van der Waals surface area (Å²) in [5.41, 5.74) is -3.16. The minimum absolute atomic E-state index is 0.0999. The third-order valence-corrected chi connectivity index (χ3v) is 5.30. The molecule has 0 aliphatic rings. The van der Waals surface area contributed by atoms with Crippen molar-refractivity contribution in [1.82, 2.24) is 15.6 Å². The molecule has 2 unspecified atom stereocenters. The molecule has 0 bridgehead atoms. The van der Waals surface area contributed by atoms with E-state index in [0.29, 0.717) is 19.4 Å². The highest BCUT2D eigenvalue weighted by molar-refractivity contribution is 5.87. The Morgan fingerprint density at radius 3 is 1.80 bits per heavy atom. The van der Waals surface area contributed by atoms with Gasteiger partial charge in [-0.15, -0.1) is 0 Å². The van der Waals surface area contributed by atoms with Crippen LogP contribution in [-0.2, 0) is 28.6 Å². The lowest BCUT2D eigenvalue weighted by Gasteiger charge is -2.27. The Hall–Kier alpha value is -4.04. The summed E-state index contributed by atoms with van der Waals surface area (Å²) >= 11 is 0. The molecule has 14 nitrogen and oxygen atoms in total. The van der Waals surface area contributed by atoms with Crippen LogP contribution in [-0.4, -0.2) is 69.3 Å². The second-order valence-corrected chi connectivity index (χ2v) is 13.1. The number of nitrogens with zero attached hydrogens (tertiary/aromatic N) is 2. The van der Waals surface area contributed by atoms with Crippen LogP contribution in [0.15, 0.2) is 12.1 Å². The van der Waals surface area contributed by atoms with Crippen LogP contribution < -0.4 is 16.0 Å². The molecule has 2 atom stereocenters. The first-order valence-corrected chi connectivity index (χ1v) is 14.4. The van der Waals surface area contributed by atoms with Gasteiger partial charge >= 0.3 is 29.6 Å². The van der Waals surface area contributed by atoms with Crippen molar-refractivity contribution in [3.05, 3.63) is 28.2 Å². The van der Waals surface area contributed by atoms with Crippen LogP contribution in [0.1, 0.15) is 94.4 Å². The van der Waals surface area contributed by atoms with Crippen LogP contribution in [0, 0.1) is 16.1 Å². The number of unbranched alkanes of at least 4 members (excludes halogenated alkanes) is 1. The van der Waals surface area contributed by atoms with Gasteiger partial charge in [-0.05, 0) is 94.1 Å². The zero-order valence-corrected chi connectivity index (χ0v) is 27.0. The van der Waals surface area contributed by atoms with Crippen LogP contribution in [0.4, 0.5) is 20.7 Å². The fourth-order valence-electron chi connectivity index (χ4n) is 3.61. The lowest BCUT2D eigenvalue weighted by molar-refractivity contribution is -0.388.